The fourth-order valence-corrected chi connectivity index (χ4v) is 2.84. The number of ether oxygens (including phenoxy) is 1. The minimum atomic E-state index is -0.217. The van der Waals surface area contributed by atoms with Gasteiger partial charge in [-0.25, -0.2) is 0 Å². The van der Waals surface area contributed by atoms with E-state index in [-0.39, 0.29) is 11.5 Å². The van der Waals surface area contributed by atoms with Crippen molar-refractivity contribution < 1.29 is 9.53 Å². The van der Waals surface area contributed by atoms with Gasteiger partial charge in [-0.2, -0.15) is 0 Å². The normalized spacial score (nSPS) is 15.1. The maximum Gasteiger partial charge on any atom is 0.257 e. The van der Waals surface area contributed by atoms with Gasteiger partial charge >= 0.3 is 0 Å². The highest BCUT2D eigenvalue weighted by atomic mass is 16.5. The average molecular weight is 341 g/mol. The highest BCUT2D eigenvalue weighted by molar-refractivity contribution is 6.04. The molecule has 1 aromatic carbocycles. The minimum absolute atomic E-state index is 0.0969. The summed E-state index contributed by atoms with van der Waals surface area (Å²) in [5, 5.41) is 2.87. The Labute approximate surface area is 147 Å². The lowest BCUT2D eigenvalue weighted by Gasteiger charge is -2.26. The van der Waals surface area contributed by atoms with Crippen molar-refractivity contribution in [3.05, 3.63) is 64.1 Å². The molecule has 0 spiro atoms. The smallest absolute Gasteiger partial charge is 0.257 e. The van der Waals surface area contributed by atoms with Crippen LogP contribution in [0.4, 0.5) is 5.69 Å². The molecule has 0 saturated carbocycles. The molecule has 1 amide bonds. The van der Waals surface area contributed by atoms with E-state index in [4.69, 9.17) is 4.74 Å². The lowest BCUT2D eigenvalue weighted by molar-refractivity contribution is 0.0363. The van der Waals surface area contributed by atoms with Gasteiger partial charge < -0.3 is 14.6 Å². The number of hydrogen-bond acceptors (Lipinski definition) is 4. The van der Waals surface area contributed by atoms with Crippen molar-refractivity contribution in [2.75, 3.05) is 38.2 Å². The van der Waals surface area contributed by atoms with E-state index < -0.39 is 0 Å². The molecule has 1 N–H and O–H groups in total. The summed E-state index contributed by atoms with van der Waals surface area (Å²) in [5.74, 6) is -0.217. The Kier molecular flexibility index (Phi) is 5.63. The lowest BCUT2D eigenvalue weighted by Crippen LogP contribution is -2.39. The SMILES string of the molecule is Cc1cccc(NC(=O)c2ccc(=O)n(CCN3CCOCC3)c2)c1. The third-order valence-electron chi connectivity index (χ3n) is 4.28. The largest absolute Gasteiger partial charge is 0.379 e. The summed E-state index contributed by atoms with van der Waals surface area (Å²) in [5.41, 5.74) is 2.20. The van der Waals surface area contributed by atoms with Crippen LogP contribution in [0.5, 0.6) is 0 Å². The van der Waals surface area contributed by atoms with E-state index in [1.165, 1.54) is 6.07 Å². The zero-order valence-electron chi connectivity index (χ0n) is 14.4. The molecule has 2 heterocycles. The summed E-state index contributed by atoms with van der Waals surface area (Å²) >= 11 is 0. The van der Waals surface area contributed by atoms with Gasteiger partial charge in [0, 0.05) is 44.1 Å². The Bertz CT molecular complexity index is 794. The molecule has 1 fully saturated rings. The molecule has 0 unspecified atom stereocenters. The first-order valence-electron chi connectivity index (χ1n) is 8.50. The molecule has 2 aromatic rings. The van der Waals surface area contributed by atoms with Gasteiger partial charge in [0.15, 0.2) is 0 Å². The third kappa shape index (κ3) is 4.78. The van der Waals surface area contributed by atoms with Gasteiger partial charge in [-0.1, -0.05) is 12.1 Å². The van der Waals surface area contributed by atoms with E-state index in [0.29, 0.717) is 12.1 Å². The summed E-state index contributed by atoms with van der Waals surface area (Å²) in [4.78, 5) is 26.8. The molecule has 3 rings (SSSR count). The van der Waals surface area contributed by atoms with Crippen molar-refractivity contribution in [3.8, 4) is 0 Å². The molecule has 1 aromatic heterocycles. The zero-order chi connectivity index (χ0) is 17.6. The number of carbonyl (C=O) groups excluding carboxylic acids is 1. The van der Waals surface area contributed by atoms with Crippen molar-refractivity contribution in [1.82, 2.24) is 9.47 Å². The minimum Gasteiger partial charge on any atom is -0.379 e. The van der Waals surface area contributed by atoms with Crippen LogP contribution in [0.25, 0.3) is 0 Å². The zero-order valence-corrected chi connectivity index (χ0v) is 14.4. The second-order valence-corrected chi connectivity index (χ2v) is 6.23. The van der Waals surface area contributed by atoms with Crippen LogP contribution in [-0.2, 0) is 11.3 Å². The predicted octanol–water partition coefficient (Wildman–Crippen LogP) is 1.74. The Balaban J connectivity index is 1.67. The van der Waals surface area contributed by atoms with Crippen LogP contribution in [0.3, 0.4) is 0 Å². The molecule has 1 aliphatic rings. The number of benzene rings is 1. The van der Waals surface area contributed by atoms with E-state index in [9.17, 15) is 9.59 Å². The van der Waals surface area contributed by atoms with E-state index in [0.717, 1.165) is 44.1 Å². The molecular formula is C19H23N3O3. The third-order valence-corrected chi connectivity index (χ3v) is 4.28. The highest BCUT2D eigenvalue weighted by Crippen LogP contribution is 2.11. The van der Waals surface area contributed by atoms with Crippen LogP contribution in [0.15, 0.2) is 47.4 Å². The summed E-state index contributed by atoms with van der Waals surface area (Å²) in [6.07, 6.45) is 1.63. The summed E-state index contributed by atoms with van der Waals surface area (Å²) in [6, 6.07) is 10.6. The summed E-state index contributed by atoms with van der Waals surface area (Å²) < 4.78 is 6.93. The van der Waals surface area contributed by atoms with Gasteiger partial charge in [-0.15, -0.1) is 0 Å². The summed E-state index contributed by atoms with van der Waals surface area (Å²) in [7, 11) is 0. The molecule has 6 nitrogen and oxygen atoms in total. The van der Waals surface area contributed by atoms with Crippen LogP contribution in [-0.4, -0.2) is 48.2 Å². The van der Waals surface area contributed by atoms with Gasteiger partial charge in [0.25, 0.3) is 11.5 Å². The second-order valence-electron chi connectivity index (χ2n) is 6.23. The van der Waals surface area contributed by atoms with Gasteiger partial charge in [0.2, 0.25) is 0 Å². The standard InChI is InChI=1S/C19H23N3O3/c1-15-3-2-4-17(13-15)20-19(24)16-5-6-18(23)22(14-16)8-7-21-9-11-25-12-10-21/h2-6,13-14H,7-12H2,1H3,(H,20,24). The number of carbonyl (C=O) groups is 1. The van der Waals surface area contributed by atoms with Crippen molar-refractivity contribution in [3.63, 3.8) is 0 Å². The van der Waals surface area contributed by atoms with Gasteiger partial charge in [0.1, 0.15) is 0 Å². The van der Waals surface area contributed by atoms with Crippen molar-refractivity contribution >= 4 is 11.6 Å². The number of aromatic nitrogens is 1. The fraction of sp³-hybridized carbons (Fsp3) is 0.368. The molecule has 132 valence electrons. The van der Waals surface area contributed by atoms with Crippen LogP contribution >= 0.6 is 0 Å². The molecule has 0 radical (unpaired) electrons. The number of pyridine rings is 1. The van der Waals surface area contributed by atoms with Gasteiger partial charge in [0.05, 0.1) is 18.8 Å². The average Bonchev–Trinajstić information content (AvgIpc) is 2.62. The maximum atomic E-state index is 12.4. The number of nitrogens with zero attached hydrogens (tertiary/aromatic N) is 2. The molecule has 25 heavy (non-hydrogen) atoms. The van der Waals surface area contributed by atoms with E-state index >= 15 is 0 Å². The molecule has 6 heteroatoms. The van der Waals surface area contributed by atoms with Crippen LogP contribution in [0.1, 0.15) is 15.9 Å². The molecule has 1 aliphatic heterocycles. The first-order valence-corrected chi connectivity index (χ1v) is 8.50. The Hall–Kier alpha value is -2.44. The van der Waals surface area contributed by atoms with Crippen molar-refractivity contribution in [2.45, 2.75) is 13.5 Å². The Morgan fingerprint density at radius 2 is 1.96 bits per heavy atom. The Morgan fingerprint density at radius 1 is 1.16 bits per heavy atom. The molecular weight excluding hydrogens is 318 g/mol. The molecule has 1 saturated heterocycles. The molecule has 0 atom stereocenters. The van der Waals surface area contributed by atoms with E-state index in [1.54, 1.807) is 16.8 Å². The van der Waals surface area contributed by atoms with Gasteiger partial charge in [-0.05, 0) is 30.7 Å². The highest BCUT2D eigenvalue weighted by Gasteiger charge is 2.12. The number of morpholine rings is 1. The van der Waals surface area contributed by atoms with E-state index in [1.807, 2.05) is 31.2 Å². The quantitative estimate of drug-likeness (QED) is 0.900. The van der Waals surface area contributed by atoms with Crippen LogP contribution in [0.2, 0.25) is 0 Å². The van der Waals surface area contributed by atoms with Gasteiger partial charge in [-0.3, -0.25) is 14.5 Å². The van der Waals surface area contributed by atoms with Crippen LogP contribution in [0, 0.1) is 6.92 Å². The van der Waals surface area contributed by atoms with Crippen molar-refractivity contribution in [1.29, 1.82) is 0 Å². The van der Waals surface area contributed by atoms with Crippen LogP contribution < -0.4 is 10.9 Å². The maximum absolute atomic E-state index is 12.4. The summed E-state index contributed by atoms with van der Waals surface area (Å²) in [6.45, 7) is 6.52. The number of rotatable bonds is 5. The molecule has 0 aliphatic carbocycles. The second kappa shape index (κ2) is 8.09. The monoisotopic (exact) mass is 341 g/mol. The Morgan fingerprint density at radius 3 is 2.72 bits per heavy atom. The number of amides is 1. The van der Waals surface area contributed by atoms with E-state index in [2.05, 4.69) is 10.2 Å². The first-order chi connectivity index (χ1) is 12.1. The predicted molar refractivity (Wildman–Crippen MR) is 97.1 cm³/mol. The number of hydrogen-bond donors (Lipinski definition) is 1. The fourth-order valence-electron chi connectivity index (χ4n) is 2.84. The van der Waals surface area contributed by atoms with Crippen molar-refractivity contribution in [2.24, 2.45) is 0 Å². The number of nitrogens with one attached hydrogen (secondary N) is 1. The number of anilines is 1. The lowest BCUT2D eigenvalue weighted by atomic mass is 10.2. The number of aryl methyl sites for hydroxylation is 1. The first kappa shape index (κ1) is 17.4. The molecule has 0 bridgehead atoms. The topological polar surface area (TPSA) is 63.6 Å².